The van der Waals surface area contributed by atoms with Crippen molar-refractivity contribution in [3.05, 3.63) is 16.1 Å². The van der Waals surface area contributed by atoms with Gasteiger partial charge in [0, 0.05) is 29.8 Å². The van der Waals surface area contributed by atoms with Gasteiger partial charge in [-0.3, -0.25) is 4.79 Å². The van der Waals surface area contributed by atoms with Crippen molar-refractivity contribution < 1.29 is 4.79 Å². The molecule has 130 valence electrons. The molecule has 1 aliphatic rings. The highest BCUT2D eigenvalue weighted by Gasteiger charge is 2.29. The zero-order chi connectivity index (χ0) is 17.0. The third-order valence-electron chi connectivity index (χ3n) is 4.40. The van der Waals surface area contributed by atoms with Crippen molar-refractivity contribution in [1.82, 2.24) is 9.88 Å². The fraction of sp³-hybridized carbons (Fsp3) is 0.765. The number of amides is 1. The molecule has 1 aliphatic heterocycles. The molecule has 1 atom stereocenters. The largest absolute Gasteiger partial charge is 0.341 e. The fourth-order valence-corrected chi connectivity index (χ4v) is 4.48. The van der Waals surface area contributed by atoms with Crippen LogP contribution >= 0.6 is 23.1 Å². The van der Waals surface area contributed by atoms with Crippen LogP contribution in [-0.4, -0.2) is 46.9 Å². The summed E-state index contributed by atoms with van der Waals surface area (Å²) in [6, 6.07) is -0.341. The zero-order valence-corrected chi connectivity index (χ0v) is 16.3. The maximum Gasteiger partial charge on any atom is 0.239 e. The summed E-state index contributed by atoms with van der Waals surface area (Å²) in [6.07, 6.45) is 4.81. The first-order valence-electron chi connectivity index (χ1n) is 8.32. The number of aromatic nitrogens is 1. The Balaban J connectivity index is 1.88. The van der Waals surface area contributed by atoms with Gasteiger partial charge in [-0.25, -0.2) is 4.98 Å². The second kappa shape index (κ2) is 7.99. The molecule has 2 rings (SSSR count). The smallest absolute Gasteiger partial charge is 0.239 e. The minimum absolute atomic E-state index is 0.107. The average molecular weight is 356 g/mol. The Labute approximate surface area is 148 Å². The van der Waals surface area contributed by atoms with E-state index in [0.717, 1.165) is 38.1 Å². The van der Waals surface area contributed by atoms with E-state index in [-0.39, 0.29) is 17.4 Å². The summed E-state index contributed by atoms with van der Waals surface area (Å²) in [5, 5.41) is 3.42. The molecule has 0 aromatic carbocycles. The quantitative estimate of drug-likeness (QED) is 0.881. The highest BCUT2D eigenvalue weighted by Crippen LogP contribution is 2.33. The molecule has 0 radical (unpaired) electrons. The molecule has 0 spiro atoms. The lowest BCUT2D eigenvalue weighted by molar-refractivity contribution is -0.133. The zero-order valence-electron chi connectivity index (χ0n) is 14.7. The van der Waals surface area contributed by atoms with Gasteiger partial charge in [-0.15, -0.1) is 11.3 Å². The van der Waals surface area contributed by atoms with Crippen LogP contribution in [0.4, 0.5) is 0 Å². The van der Waals surface area contributed by atoms with E-state index in [0.29, 0.717) is 5.92 Å². The van der Waals surface area contributed by atoms with Gasteiger partial charge in [0.05, 0.1) is 16.7 Å². The van der Waals surface area contributed by atoms with Gasteiger partial charge in [-0.1, -0.05) is 20.8 Å². The Hall–Kier alpha value is -0.590. The standard InChI is InChI=1S/C17H29N3OS2/c1-17(2,3)14-11-23-15(19-14)12-5-8-20(9-6-12)16(21)13(18)7-10-22-4/h11-13H,5-10,18H2,1-4H3. The van der Waals surface area contributed by atoms with Crippen LogP contribution in [0.2, 0.25) is 0 Å². The van der Waals surface area contributed by atoms with E-state index in [1.165, 1.54) is 10.7 Å². The second-order valence-electron chi connectivity index (χ2n) is 7.31. The molecular weight excluding hydrogens is 326 g/mol. The monoisotopic (exact) mass is 355 g/mol. The Morgan fingerprint density at radius 3 is 2.65 bits per heavy atom. The number of rotatable bonds is 5. The van der Waals surface area contributed by atoms with Crippen LogP contribution in [-0.2, 0) is 10.2 Å². The van der Waals surface area contributed by atoms with Crippen LogP contribution in [0, 0.1) is 0 Å². The number of nitrogens with zero attached hydrogens (tertiary/aromatic N) is 2. The molecule has 23 heavy (non-hydrogen) atoms. The lowest BCUT2D eigenvalue weighted by atomic mass is 9.93. The van der Waals surface area contributed by atoms with Crippen molar-refractivity contribution in [2.24, 2.45) is 5.73 Å². The Morgan fingerprint density at radius 1 is 1.48 bits per heavy atom. The highest BCUT2D eigenvalue weighted by molar-refractivity contribution is 7.98. The van der Waals surface area contributed by atoms with E-state index in [1.54, 1.807) is 23.1 Å². The van der Waals surface area contributed by atoms with Gasteiger partial charge < -0.3 is 10.6 Å². The number of carbonyl (C=O) groups is 1. The third kappa shape index (κ3) is 4.94. The van der Waals surface area contributed by atoms with Crippen LogP contribution in [0.1, 0.15) is 56.7 Å². The van der Waals surface area contributed by atoms with E-state index in [4.69, 9.17) is 10.7 Å². The summed E-state index contributed by atoms with van der Waals surface area (Å²) in [5.41, 5.74) is 7.30. The molecule has 1 amide bonds. The molecule has 1 aromatic rings. The second-order valence-corrected chi connectivity index (χ2v) is 9.18. The number of carbonyl (C=O) groups excluding carboxylic acids is 1. The van der Waals surface area contributed by atoms with Gasteiger partial charge in [0.25, 0.3) is 0 Å². The molecule has 0 bridgehead atoms. The molecule has 1 aromatic heterocycles. The molecule has 1 fully saturated rings. The fourth-order valence-electron chi connectivity index (χ4n) is 2.77. The number of thioether (sulfide) groups is 1. The predicted octanol–water partition coefficient (Wildman–Crippen LogP) is 3.23. The Kier molecular flexibility index (Phi) is 6.51. The number of hydrogen-bond donors (Lipinski definition) is 1. The minimum Gasteiger partial charge on any atom is -0.341 e. The first kappa shape index (κ1) is 18.7. The molecule has 2 heterocycles. The minimum atomic E-state index is -0.341. The lowest BCUT2D eigenvalue weighted by Crippen LogP contribution is -2.47. The predicted molar refractivity (Wildman–Crippen MR) is 100 cm³/mol. The van der Waals surface area contributed by atoms with Gasteiger partial charge in [-0.05, 0) is 31.3 Å². The number of piperidine rings is 1. The summed E-state index contributed by atoms with van der Waals surface area (Å²) in [6.45, 7) is 8.21. The molecule has 0 aliphatic carbocycles. The third-order valence-corrected chi connectivity index (χ3v) is 6.05. The number of nitrogens with two attached hydrogens (primary N) is 1. The van der Waals surface area contributed by atoms with Crippen molar-refractivity contribution in [2.45, 2.75) is 57.4 Å². The first-order chi connectivity index (χ1) is 10.8. The van der Waals surface area contributed by atoms with Crippen LogP contribution < -0.4 is 5.73 Å². The van der Waals surface area contributed by atoms with Crippen LogP contribution in [0.15, 0.2) is 5.38 Å². The van der Waals surface area contributed by atoms with Gasteiger partial charge in [0.2, 0.25) is 5.91 Å². The molecule has 6 heteroatoms. The van der Waals surface area contributed by atoms with E-state index in [2.05, 4.69) is 26.2 Å². The van der Waals surface area contributed by atoms with Crippen molar-refractivity contribution in [3.63, 3.8) is 0 Å². The van der Waals surface area contributed by atoms with Gasteiger partial charge >= 0.3 is 0 Å². The molecule has 4 nitrogen and oxygen atoms in total. The summed E-state index contributed by atoms with van der Waals surface area (Å²) in [7, 11) is 0. The molecule has 2 N–H and O–H groups in total. The van der Waals surface area contributed by atoms with Crippen molar-refractivity contribution in [2.75, 3.05) is 25.1 Å². The molecular formula is C17H29N3OS2. The topological polar surface area (TPSA) is 59.2 Å². The summed E-state index contributed by atoms with van der Waals surface area (Å²) in [5.74, 6) is 1.55. The van der Waals surface area contributed by atoms with E-state index >= 15 is 0 Å². The summed E-state index contributed by atoms with van der Waals surface area (Å²) < 4.78 is 0. The Morgan fingerprint density at radius 2 is 2.13 bits per heavy atom. The molecule has 0 saturated carbocycles. The number of hydrogen-bond acceptors (Lipinski definition) is 5. The van der Waals surface area contributed by atoms with Crippen LogP contribution in [0.3, 0.4) is 0 Å². The van der Waals surface area contributed by atoms with Crippen molar-refractivity contribution in [1.29, 1.82) is 0 Å². The van der Waals surface area contributed by atoms with Crippen LogP contribution in [0.5, 0.6) is 0 Å². The van der Waals surface area contributed by atoms with Gasteiger partial charge in [-0.2, -0.15) is 11.8 Å². The number of thiazole rings is 1. The first-order valence-corrected chi connectivity index (χ1v) is 10.6. The normalized spacial score (nSPS) is 18.2. The van der Waals surface area contributed by atoms with E-state index in [9.17, 15) is 4.79 Å². The highest BCUT2D eigenvalue weighted by atomic mass is 32.2. The van der Waals surface area contributed by atoms with Gasteiger partial charge in [0.15, 0.2) is 0 Å². The maximum absolute atomic E-state index is 12.4. The molecule has 1 saturated heterocycles. The SMILES string of the molecule is CSCCC(N)C(=O)N1CCC(c2nc(C(C)(C)C)cs2)CC1. The van der Waals surface area contributed by atoms with E-state index in [1.807, 2.05) is 11.2 Å². The van der Waals surface area contributed by atoms with Crippen molar-refractivity contribution >= 4 is 29.0 Å². The lowest BCUT2D eigenvalue weighted by Gasteiger charge is -2.32. The average Bonchev–Trinajstić information content (AvgIpc) is 3.02. The summed E-state index contributed by atoms with van der Waals surface area (Å²) >= 11 is 3.51. The van der Waals surface area contributed by atoms with E-state index < -0.39 is 0 Å². The van der Waals surface area contributed by atoms with Gasteiger partial charge in [0.1, 0.15) is 0 Å². The molecule has 1 unspecified atom stereocenters. The maximum atomic E-state index is 12.4. The van der Waals surface area contributed by atoms with Crippen LogP contribution in [0.25, 0.3) is 0 Å². The number of likely N-dealkylation sites (tertiary alicyclic amines) is 1. The van der Waals surface area contributed by atoms with Crippen molar-refractivity contribution in [3.8, 4) is 0 Å². The Bertz CT molecular complexity index is 516. The summed E-state index contributed by atoms with van der Waals surface area (Å²) in [4.78, 5) is 19.1.